The summed E-state index contributed by atoms with van der Waals surface area (Å²) in [6.07, 6.45) is 2.40. The lowest BCUT2D eigenvalue weighted by molar-refractivity contribution is -0.130. The fourth-order valence-electron chi connectivity index (χ4n) is 3.41. The van der Waals surface area contributed by atoms with Gasteiger partial charge in [0.2, 0.25) is 5.91 Å². The van der Waals surface area contributed by atoms with Crippen LogP contribution in [0.2, 0.25) is 5.02 Å². The number of hydrogen-bond donors (Lipinski definition) is 0. The predicted octanol–water partition coefficient (Wildman–Crippen LogP) is 4.14. The Balaban J connectivity index is 1.53. The van der Waals surface area contributed by atoms with Crippen molar-refractivity contribution in [2.45, 2.75) is 42.8 Å². The molecule has 7 heteroatoms. The molecule has 0 aliphatic carbocycles. The molecule has 2 aromatic carbocycles. The second-order valence-corrected chi connectivity index (χ2v) is 9.91. The van der Waals surface area contributed by atoms with Crippen LogP contribution in [-0.4, -0.2) is 44.2 Å². The molecule has 3 rings (SSSR count). The van der Waals surface area contributed by atoms with Gasteiger partial charge in [-0.25, -0.2) is 8.42 Å². The summed E-state index contributed by atoms with van der Waals surface area (Å²) in [4.78, 5) is 14.5. The van der Waals surface area contributed by atoms with Crippen LogP contribution >= 0.6 is 11.6 Å². The van der Waals surface area contributed by atoms with Crippen LogP contribution < -0.4 is 4.74 Å². The molecule has 1 aliphatic rings. The summed E-state index contributed by atoms with van der Waals surface area (Å²) >= 11 is 5.85. The van der Waals surface area contributed by atoms with Crippen LogP contribution in [0, 0.1) is 0 Å². The zero-order valence-electron chi connectivity index (χ0n) is 16.5. The maximum Gasteiger partial charge on any atom is 0.222 e. The van der Waals surface area contributed by atoms with E-state index < -0.39 is 15.1 Å². The van der Waals surface area contributed by atoms with Crippen LogP contribution in [0.5, 0.6) is 5.75 Å². The van der Waals surface area contributed by atoms with Crippen molar-refractivity contribution >= 4 is 27.3 Å². The molecule has 1 saturated heterocycles. The van der Waals surface area contributed by atoms with Crippen LogP contribution in [-0.2, 0) is 21.1 Å². The van der Waals surface area contributed by atoms with Crippen LogP contribution in [0.4, 0.5) is 0 Å². The molecule has 29 heavy (non-hydrogen) atoms. The molecular weight excluding hydrogens is 410 g/mol. The van der Waals surface area contributed by atoms with E-state index in [-0.39, 0.29) is 17.3 Å². The summed E-state index contributed by atoms with van der Waals surface area (Å²) in [5.74, 6) is 0.821. The van der Waals surface area contributed by atoms with Crippen molar-refractivity contribution in [1.82, 2.24) is 4.90 Å². The first kappa shape index (κ1) is 21.7. The third-order valence-electron chi connectivity index (χ3n) is 5.10. The van der Waals surface area contributed by atoms with Crippen molar-refractivity contribution in [3.8, 4) is 5.75 Å². The van der Waals surface area contributed by atoms with Crippen LogP contribution in [0.15, 0.2) is 53.4 Å². The Bertz CT molecular complexity index is 926. The van der Waals surface area contributed by atoms with E-state index in [4.69, 9.17) is 16.3 Å². The summed E-state index contributed by atoms with van der Waals surface area (Å²) in [5.41, 5.74) is 1.06. The highest BCUT2D eigenvalue weighted by Crippen LogP contribution is 2.25. The Kier molecular flexibility index (Phi) is 7.19. The zero-order valence-corrected chi connectivity index (χ0v) is 18.1. The zero-order chi connectivity index (χ0) is 20.9. The van der Waals surface area contributed by atoms with Gasteiger partial charge in [-0.1, -0.05) is 30.7 Å². The summed E-state index contributed by atoms with van der Waals surface area (Å²) in [7, 11) is -3.47. The number of halogens is 1. The molecule has 156 valence electrons. The minimum atomic E-state index is -3.47. The fraction of sp³-hybridized carbons (Fsp3) is 0.409. The third-order valence-corrected chi connectivity index (χ3v) is 7.55. The maximum absolute atomic E-state index is 12.8. The van der Waals surface area contributed by atoms with Gasteiger partial charge < -0.3 is 9.64 Å². The first-order valence-corrected chi connectivity index (χ1v) is 11.8. The van der Waals surface area contributed by atoms with Gasteiger partial charge >= 0.3 is 0 Å². The average molecular weight is 436 g/mol. The summed E-state index contributed by atoms with van der Waals surface area (Å²) in [6, 6.07) is 14.0. The lowest BCUT2D eigenvalue weighted by Gasteiger charge is -2.17. The molecule has 1 amide bonds. The van der Waals surface area contributed by atoms with Crippen LogP contribution in [0.25, 0.3) is 0 Å². The minimum Gasteiger partial charge on any atom is -0.494 e. The number of rotatable bonds is 8. The van der Waals surface area contributed by atoms with Gasteiger partial charge in [-0.2, -0.15) is 0 Å². The number of benzene rings is 2. The van der Waals surface area contributed by atoms with Gasteiger partial charge in [-0.15, -0.1) is 0 Å². The molecule has 0 bridgehead atoms. The summed E-state index contributed by atoms with van der Waals surface area (Å²) < 4.78 is 31.2. The van der Waals surface area contributed by atoms with E-state index in [1.165, 1.54) is 12.1 Å². The smallest absolute Gasteiger partial charge is 0.222 e. The van der Waals surface area contributed by atoms with Crippen LogP contribution in [0.1, 0.15) is 31.7 Å². The summed E-state index contributed by atoms with van der Waals surface area (Å²) in [5, 5.41) is -0.0697. The molecule has 0 aromatic heterocycles. The molecule has 1 heterocycles. The molecule has 1 fully saturated rings. The molecular formula is C22H26ClNO4S. The number of nitrogens with zero attached hydrogens (tertiary/aromatic N) is 1. The monoisotopic (exact) mass is 435 g/mol. The number of carbonyl (C=O) groups excluding carboxylic acids is 1. The van der Waals surface area contributed by atoms with Crippen molar-refractivity contribution in [2.24, 2.45) is 0 Å². The number of aryl methyl sites for hydroxylation is 1. The number of ether oxygens (including phenoxy) is 1. The number of likely N-dealkylation sites (tertiary alicyclic amines) is 1. The molecule has 0 saturated carbocycles. The molecule has 0 radical (unpaired) electrons. The molecule has 1 unspecified atom stereocenters. The lowest BCUT2D eigenvalue weighted by atomic mass is 10.1. The van der Waals surface area contributed by atoms with Gasteiger partial charge in [-0.3, -0.25) is 4.79 Å². The predicted molar refractivity (Wildman–Crippen MR) is 114 cm³/mol. The average Bonchev–Trinajstić information content (AvgIpc) is 3.23. The van der Waals surface area contributed by atoms with Crippen molar-refractivity contribution in [3.05, 3.63) is 59.1 Å². The third kappa shape index (κ3) is 5.52. The first-order chi connectivity index (χ1) is 13.9. The Morgan fingerprint density at radius 3 is 2.48 bits per heavy atom. The molecule has 0 N–H and O–H groups in total. The van der Waals surface area contributed by atoms with Crippen molar-refractivity contribution in [2.75, 3.05) is 19.7 Å². The number of carbonyl (C=O) groups is 1. The molecule has 1 atom stereocenters. The van der Waals surface area contributed by atoms with E-state index in [0.717, 1.165) is 17.7 Å². The Morgan fingerprint density at radius 2 is 1.83 bits per heavy atom. The van der Waals surface area contributed by atoms with E-state index in [9.17, 15) is 13.2 Å². The molecule has 5 nitrogen and oxygen atoms in total. The van der Waals surface area contributed by atoms with Gasteiger partial charge in [0, 0.05) is 24.5 Å². The van der Waals surface area contributed by atoms with Gasteiger partial charge in [0.25, 0.3) is 0 Å². The van der Waals surface area contributed by atoms with Crippen LogP contribution in [0.3, 0.4) is 0 Å². The standard InChI is InChI=1S/C22H26ClNO4S/c1-2-15-28-19-8-3-17(4-9-19)5-12-22(25)24-14-13-21(16-24)29(26,27)20-10-6-18(23)7-11-20/h3-4,6-11,21H,2,5,12-16H2,1H3. The van der Waals surface area contributed by atoms with Gasteiger partial charge in [-0.05, 0) is 61.2 Å². The molecule has 0 spiro atoms. The van der Waals surface area contributed by atoms with Gasteiger partial charge in [0.1, 0.15) is 5.75 Å². The first-order valence-electron chi connectivity index (χ1n) is 9.89. The summed E-state index contributed by atoms with van der Waals surface area (Å²) in [6.45, 7) is 3.46. The maximum atomic E-state index is 12.8. The second-order valence-electron chi connectivity index (χ2n) is 7.24. The largest absolute Gasteiger partial charge is 0.494 e. The van der Waals surface area contributed by atoms with E-state index in [1.54, 1.807) is 17.0 Å². The molecule has 1 aliphatic heterocycles. The van der Waals surface area contributed by atoms with E-state index in [2.05, 4.69) is 6.92 Å². The Hall–Kier alpha value is -2.05. The fourth-order valence-corrected chi connectivity index (χ4v) is 5.22. The lowest BCUT2D eigenvalue weighted by Crippen LogP contribution is -2.32. The van der Waals surface area contributed by atoms with Crippen molar-refractivity contribution in [3.63, 3.8) is 0 Å². The van der Waals surface area contributed by atoms with Crippen molar-refractivity contribution < 1.29 is 17.9 Å². The highest BCUT2D eigenvalue weighted by Gasteiger charge is 2.35. The topological polar surface area (TPSA) is 63.7 Å². The molecule has 2 aromatic rings. The van der Waals surface area contributed by atoms with Gasteiger partial charge in [0.15, 0.2) is 9.84 Å². The SMILES string of the molecule is CCCOc1ccc(CCC(=O)N2CCC(S(=O)(=O)c3ccc(Cl)cc3)C2)cc1. The highest BCUT2D eigenvalue weighted by atomic mass is 35.5. The van der Waals surface area contributed by atoms with Gasteiger partial charge in [0.05, 0.1) is 16.8 Å². The van der Waals surface area contributed by atoms with E-state index >= 15 is 0 Å². The number of hydrogen-bond acceptors (Lipinski definition) is 4. The number of sulfone groups is 1. The Morgan fingerprint density at radius 1 is 1.14 bits per heavy atom. The second kappa shape index (κ2) is 9.63. The van der Waals surface area contributed by atoms with E-state index in [1.807, 2.05) is 24.3 Å². The quantitative estimate of drug-likeness (QED) is 0.625. The Labute approximate surface area is 177 Å². The minimum absolute atomic E-state index is 0.00915. The highest BCUT2D eigenvalue weighted by molar-refractivity contribution is 7.92. The number of amides is 1. The normalized spacial score (nSPS) is 16.8. The van der Waals surface area contributed by atoms with E-state index in [0.29, 0.717) is 37.4 Å². The van der Waals surface area contributed by atoms with Crippen molar-refractivity contribution in [1.29, 1.82) is 0 Å².